The summed E-state index contributed by atoms with van der Waals surface area (Å²) in [4.78, 5) is 2.24. The molecule has 1 nitrogen and oxygen atoms in total. The Morgan fingerprint density at radius 1 is 1.55 bits per heavy atom. The van der Waals surface area contributed by atoms with E-state index in [4.69, 9.17) is 0 Å². The van der Waals surface area contributed by atoms with E-state index in [0.29, 0.717) is 6.42 Å². The molecule has 2 rings (SSSR count). The van der Waals surface area contributed by atoms with Gasteiger partial charge in [0.25, 0.3) is 0 Å². The molecule has 0 spiro atoms. The van der Waals surface area contributed by atoms with Crippen molar-refractivity contribution < 1.29 is 35.5 Å². The molecule has 3 heteroatoms. The van der Waals surface area contributed by atoms with Crippen LogP contribution >= 0.6 is 0 Å². The molecule has 11 heavy (non-hydrogen) atoms. The zero-order chi connectivity index (χ0) is 7.14. The van der Waals surface area contributed by atoms with Crippen molar-refractivity contribution >= 4 is 0 Å². The third kappa shape index (κ3) is 1.66. The standard InChI is InChI=1S/C8H13FN.U/c1-6-8(9)5-7-3-2-4-10(6)7;/h6,8H,2-5H2,1H3;/q-1;/t6-,8-;/m1./s1. The van der Waals surface area contributed by atoms with Crippen LogP contribution in [0.4, 0.5) is 4.39 Å². The SMILES string of the molecule is C[C@@H]1[C@H](F)C[C-]2CCCN21.[U]. The quantitative estimate of drug-likeness (QED) is 0.579. The first-order valence-electron chi connectivity index (χ1n) is 4.04. The maximum atomic E-state index is 13.0. The van der Waals surface area contributed by atoms with Crippen molar-refractivity contribution in [1.29, 1.82) is 0 Å². The van der Waals surface area contributed by atoms with E-state index in [9.17, 15) is 4.39 Å². The number of alkyl halides is 1. The van der Waals surface area contributed by atoms with Crippen molar-refractivity contribution in [1.82, 2.24) is 4.90 Å². The summed E-state index contributed by atoms with van der Waals surface area (Å²) < 4.78 is 13.0. The van der Waals surface area contributed by atoms with Gasteiger partial charge >= 0.3 is 0 Å². The summed E-state index contributed by atoms with van der Waals surface area (Å²) in [6.07, 6.45) is 2.51. The van der Waals surface area contributed by atoms with Crippen LogP contribution in [0.2, 0.25) is 0 Å². The van der Waals surface area contributed by atoms with E-state index in [1.807, 2.05) is 6.92 Å². The maximum absolute atomic E-state index is 13.0. The van der Waals surface area contributed by atoms with Gasteiger partial charge in [0.05, 0.1) is 6.17 Å². The predicted molar refractivity (Wildman–Crippen MR) is 38.2 cm³/mol. The monoisotopic (exact) mass is 380 g/mol. The molecule has 62 valence electrons. The second kappa shape index (κ2) is 3.77. The zero-order valence-electron chi connectivity index (χ0n) is 6.81. The van der Waals surface area contributed by atoms with Crippen LogP contribution in [0.3, 0.4) is 0 Å². The van der Waals surface area contributed by atoms with E-state index in [0.717, 1.165) is 13.0 Å². The number of nitrogens with zero attached hydrogens (tertiary/aromatic N) is 1. The van der Waals surface area contributed by atoms with Gasteiger partial charge in [-0.05, 0) is 13.5 Å². The van der Waals surface area contributed by atoms with Gasteiger partial charge in [-0.15, -0.1) is 6.42 Å². The molecule has 2 heterocycles. The van der Waals surface area contributed by atoms with Gasteiger partial charge in [-0.25, -0.2) is 10.4 Å². The van der Waals surface area contributed by atoms with Crippen molar-refractivity contribution in [2.45, 2.75) is 38.4 Å². The van der Waals surface area contributed by atoms with Crippen LogP contribution in [-0.4, -0.2) is 23.7 Å². The molecule has 0 saturated carbocycles. The van der Waals surface area contributed by atoms with Crippen molar-refractivity contribution in [3.8, 4) is 0 Å². The fraction of sp³-hybridized carbons (Fsp3) is 0.875. The Labute approximate surface area is 91.1 Å². The number of fused-ring (bicyclic) bond motifs is 1. The topological polar surface area (TPSA) is 3.24 Å². The number of hydrogen-bond acceptors (Lipinski definition) is 1. The maximum Gasteiger partial charge on any atom is 0.0875 e. The Morgan fingerprint density at radius 3 is 2.91 bits per heavy atom. The fourth-order valence-electron chi connectivity index (χ4n) is 2.06. The minimum Gasteiger partial charge on any atom is -0.449 e. The summed E-state index contributed by atoms with van der Waals surface area (Å²) in [5.74, 6) is 0. The zero-order valence-corrected chi connectivity index (χ0v) is 11.0. The van der Waals surface area contributed by atoms with Crippen LogP contribution < -0.4 is 0 Å². The molecule has 2 atom stereocenters. The van der Waals surface area contributed by atoms with E-state index >= 15 is 0 Å². The minimum atomic E-state index is -0.588. The smallest absolute Gasteiger partial charge is 0.0875 e. The molecule has 0 N–H and O–H groups in total. The molecule has 0 aromatic carbocycles. The van der Waals surface area contributed by atoms with Crippen LogP contribution in [0.15, 0.2) is 0 Å². The summed E-state index contributed by atoms with van der Waals surface area (Å²) in [5.41, 5.74) is 0. The van der Waals surface area contributed by atoms with Gasteiger partial charge in [0, 0.05) is 37.2 Å². The van der Waals surface area contributed by atoms with E-state index in [2.05, 4.69) is 4.90 Å². The van der Waals surface area contributed by atoms with E-state index < -0.39 is 6.17 Å². The van der Waals surface area contributed by atoms with Crippen LogP contribution in [0.5, 0.6) is 0 Å². The molecule has 0 aliphatic carbocycles. The molecule has 0 aromatic rings. The summed E-state index contributed by atoms with van der Waals surface area (Å²) in [5, 5.41) is 0. The van der Waals surface area contributed by atoms with Gasteiger partial charge in [-0.2, -0.15) is 6.42 Å². The third-order valence-corrected chi connectivity index (χ3v) is 2.72. The number of halogens is 1. The molecular formula is C8H13FNU-. The molecule has 2 fully saturated rings. The molecule has 0 bridgehead atoms. The van der Waals surface area contributed by atoms with E-state index in [1.54, 1.807) is 0 Å². The van der Waals surface area contributed by atoms with Crippen LogP contribution in [0.1, 0.15) is 26.2 Å². The Morgan fingerprint density at radius 2 is 2.27 bits per heavy atom. The average molecular weight is 380 g/mol. The van der Waals surface area contributed by atoms with E-state index in [-0.39, 0.29) is 37.2 Å². The normalized spacial score (nSPS) is 38.7. The Bertz CT molecular complexity index is 140. The third-order valence-electron chi connectivity index (χ3n) is 2.72. The van der Waals surface area contributed by atoms with Crippen molar-refractivity contribution in [2.75, 3.05) is 6.54 Å². The van der Waals surface area contributed by atoms with Gasteiger partial charge in [0.2, 0.25) is 0 Å². The first-order valence-corrected chi connectivity index (χ1v) is 4.04. The predicted octanol–water partition coefficient (Wildman–Crippen LogP) is 1.74. The van der Waals surface area contributed by atoms with Crippen molar-refractivity contribution in [2.24, 2.45) is 0 Å². The molecule has 2 aliphatic rings. The summed E-state index contributed by atoms with van der Waals surface area (Å²) >= 11 is 0. The Balaban J connectivity index is 0.000000605. The van der Waals surface area contributed by atoms with Gasteiger partial charge in [-0.1, -0.05) is 6.42 Å². The molecule has 0 unspecified atom stereocenters. The second-order valence-electron chi connectivity index (χ2n) is 3.32. The molecule has 0 amide bonds. The molecular weight excluding hydrogens is 367 g/mol. The minimum absolute atomic E-state index is 0. The number of hydrogen-bond donors (Lipinski definition) is 0. The largest absolute Gasteiger partial charge is 0.449 e. The molecule has 0 radical (unpaired) electrons. The number of rotatable bonds is 0. The summed E-state index contributed by atoms with van der Waals surface area (Å²) in [7, 11) is 0. The first-order chi connectivity index (χ1) is 4.79. The second-order valence-corrected chi connectivity index (χ2v) is 3.32. The molecule has 0 aromatic heterocycles. The Kier molecular flexibility index (Phi) is 3.43. The summed E-state index contributed by atoms with van der Waals surface area (Å²) in [6.45, 7) is 3.08. The van der Waals surface area contributed by atoms with Crippen LogP contribution in [-0.2, 0) is 0 Å². The molecule has 2 aliphatic heterocycles. The summed E-state index contributed by atoms with van der Waals surface area (Å²) in [6, 6.07) is 1.53. The molecule has 2 saturated heterocycles. The van der Waals surface area contributed by atoms with Crippen LogP contribution in [0, 0.1) is 37.2 Å². The van der Waals surface area contributed by atoms with Gasteiger partial charge in [0.1, 0.15) is 0 Å². The van der Waals surface area contributed by atoms with Crippen LogP contribution in [0.25, 0.3) is 0 Å². The fourth-order valence-corrected chi connectivity index (χ4v) is 2.06. The van der Waals surface area contributed by atoms with Crippen molar-refractivity contribution in [3.63, 3.8) is 0 Å². The van der Waals surface area contributed by atoms with Gasteiger partial charge < -0.3 is 4.90 Å². The first kappa shape index (κ1) is 10.0. The average Bonchev–Trinajstić information content (AvgIpc) is 2.41. The van der Waals surface area contributed by atoms with Crippen molar-refractivity contribution in [3.05, 3.63) is 6.04 Å². The Hall–Kier alpha value is 0.942. The van der Waals surface area contributed by atoms with Gasteiger partial charge in [0.15, 0.2) is 0 Å². The van der Waals surface area contributed by atoms with Gasteiger partial charge in [-0.3, -0.25) is 0 Å². The van der Waals surface area contributed by atoms with E-state index in [1.165, 1.54) is 12.5 Å².